The number of carbonyl (C=O) groups excluding carboxylic acids is 5. The predicted molar refractivity (Wildman–Crippen MR) is 212 cm³/mol. The number of piperidine rings is 1. The number of amides is 3. The van der Waals surface area contributed by atoms with Crippen LogP contribution in [-0.4, -0.2) is 47.4 Å². The van der Waals surface area contributed by atoms with Gasteiger partial charge in [-0.25, -0.2) is 9.80 Å². The smallest absolute Gasteiger partial charge is 0.294 e. The summed E-state index contributed by atoms with van der Waals surface area (Å²) in [4.78, 5) is 71.6. The second-order valence-corrected chi connectivity index (χ2v) is 14.4. The first-order chi connectivity index (χ1) is 27.5. The number of aliphatic hydroxyl groups excluding tert-OH is 1. The number of allylic oxidation sites excluding steroid dienone is 6. The lowest BCUT2D eigenvalue weighted by atomic mass is 9.84. The number of nitrogens with zero attached hydrogens (tertiary/aromatic N) is 2. The highest BCUT2D eigenvalue weighted by molar-refractivity contribution is 7.85. The van der Waals surface area contributed by atoms with E-state index in [1.165, 1.54) is 36.4 Å². The third kappa shape index (κ3) is 7.55. The molecule has 282 valence electrons. The summed E-state index contributed by atoms with van der Waals surface area (Å²) in [6, 6.07) is 38.1. The Bertz CT molecular complexity index is 2570. The fraction of sp³-hybridized carbons (Fsp3) is 0.0444. The van der Waals surface area contributed by atoms with Crippen LogP contribution in [-0.2, 0) is 34.1 Å². The minimum absolute atomic E-state index is 0.205. The van der Waals surface area contributed by atoms with Gasteiger partial charge in [-0.05, 0) is 70.8 Å². The number of carbonyl (C=O) groups is 5. The van der Waals surface area contributed by atoms with Crippen LogP contribution in [0.4, 0.5) is 11.4 Å². The monoisotopic (exact) mass is 776 g/mol. The van der Waals surface area contributed by atoms with E-state index >= 15 is 0 Å². The van der Waals surface area contributed by atoms with Crippen molar-refractivity contribution in [2.75, 3.05) is 9.80 Å². The Morgan fingerprint density at radius 3 is 1.54 bits per heavy atom. The second kappa shape index (κ2) is 15.8. The third-order valence-corrected chi connectivity index (χ3v) is 10.4. The molecule has 11 nitrogen and oxygen atoms in total. The lowest BCUT2D eigenvalue weighted by molar-refractivity contribution is -0.134. The molecule has 12 heteroatoms. The van der Waals surface area contributed by atoms with Gasteiger partial charge >= 0.3 is 0 Å². The van der Waals surface area contributed by atoms with Gasteiger partial charge in [0, 0.05) is 0 Å². The molecule has 5 aromatic carbocycles. The van der Waals surface area contributed by atoms with Crippen LogP contribution in [0, 0.1) is 0 Å². The van der Waals surface area contributed by atoms with E-state index < -0.39 is 62.0 Å². The molecule has 3 amide bonds. The van der Waals surface area contributed by atoms with E-state index in [1.807, 2.05) is 0 Å². The van der Waals surface area contributed by atoms with Gasteiger partial charge in [-0.15, -0.1) is 0 Å². The Morgan fingerprint density at radius 1 is 0.579 bits per heavy atom. The van der Waals surface area contributed by atoms with E-state index in [9.17, 15) is 42.0 Å². The van der Waals surface area contributed by atoms with Gasteiger partial charge in [0.15, 0.2) is 11.6 Å². The number of aliphatic hydroxyl groups is 1. The molecule has 0 saturated carbocycles. The standard InChI is InChI=1S/C45H32N2O9S/c48-40-36(42(50)46(33-17-9-3-10-18-33)44(52)38(40)31-13-5-1-6-14-31)27-23-30(29-21-25-35(26-22-29)57(54,55)56)24-28-37-41(49)39(32-15-7-2-8-16-32)45(53)47(43(37)51)34-19-11-4-12-20-34/h1-28,38-39,50H,(H,54,55,56). The quantitative estimate of drug-likeness (QED) is 0.0405. The molecule has 1 fully saturated rings. The maximum atomic E-state index is 14.1. The van der Waals surface area contributed by atoms with Crippen molar-refractivity contribution in [3.63, 3.8) is 0 Å². The van der Waals surface area contributed by atoms with Crippen LogP contribution >= 0.6 is 0 Å². The number of anilines is 2. The molecule has 2 N–H and O–H groups in total. The molecule has 1 saturated heterocycles. The van der Waals surface area contributed by atoms with Crippen LogP contribution in [0.5, 0.6) is 0 Å². The fourth-order valence-electron chi connectivity index (χ4n) is 6.71. The lowest BCUT2D eigenvalue weighted by Crippen LogP contribution is -2.50. The highest BCUT2D eigenvalue weighted by Crippen LogP contribution is 2.36. The van der Waals surface area contributed by atoms with E-state index in [1.54, 1.807) is 121 Å². The predicted octanol–water partition coefficient (Wildman–Crippen LogP) is 6.89. The number of benzene rings is 5. The van der Waals surface area contributed by atoms with Crippen LogP contribution in [0.2, 0.25) is 0 Å². The number of hydrogen-bond acceptors (Lipinski definition) is 8. The van der Waals surface area contributed by atoms with Crippen molar-refractivity contribution in [2.45, 2.75) is 16.7 Å². The van der Waals surface area contributed by atoms with Crippen LogP contribution in [0.3, 0.4) is 0 Å². The topological polar surface area (TPSA) is 166 Å². The van der Waals surface area contributed by atoms with Gasteiger partial charge < -0.3 is 5.11 Å². The summed E-state index contributed by atoms with van der Waals surface area (Å²) in [6.07, 6.45) is 5.30. The number of imide groups is 1. The molecule has 0 spiro atoms. The zero-order valence-corrected chi connectivity index (χ0v) is 30.7. The average molecular weight is 777 g/mol. The normalized spacial score (nSPS) is 18.9. The number of Topliss-reactive ketones (excluding diaryl/α,β-unsaturated/α-hetero) is 2. The van der Waals surface area contributed by atoms with Gasteiger partial charge in [0.25, 0.3) is 16.0 Å². The van der Waals surface area contributed by atoms with E-state index in [-0.39, 0.29) is 22.4 Å². The zero-order chi connectivity index (χ0) is 40.3. The first-order valence-electron chi connectivity index (χ1n) is 17.6. The van der Waals surface area contributed by atoms with Crippen LogP contribution in [0.25, 0.3) is 5.57 Å². The largest absolute Gasteiger partial charge is 0.494 e. The Balaban J connectivity index is 1.38. The minimum atomic E-state index is -4.57. The van der Waals surface area contributed by atoms with Crippen LogP contribution < -0.4 is 9.80 Å². The lowest BCUT2D eigenvalue weighted by Gasteiger charge is -2.31. The maximum absolute atomic E-state index is 14.1. The summed E-state index contributed by atoms with van der Waals surface area (Å²) in [6.45, 7) is 0. The van der Waals surface area contributed by atoms with Gasteiger partial charge in [0.1, 0.15) is 11.8 Å². The molecule has 0 radical (unpaired) electrons. The highest BCUT2D eigenvalue weighted by Gasteiger charge is 2.46. The number of rotatable bonds is 9. The summed E-state index contributed by atoms with van der Waals surface area (Å²) in [5.41, 5.74) is 1.26. The van der Waals surface area contributed by atoms with Gasteiger partial charge in [-0.3, -0.25) is 28.5 Å². The highest BCUT2D eigenvalue weighted by atomic mass is 32.2. The van der Waals surface area contributed by atoms with E-state index in [0.29, 0.717) is 22.4 Å². The summed E-state index contributed by atoms with van der Waals surface area (Å²) < 4.78 is 33.4. The summed E-state index contributed by atoms with van der Waals surface area (Å²) in [7, 11) is -4.57. The van der Waals surface area contributed by atoms with Crippen molar-refractivity contribution in [1.82, 2.24) is 0 Å². The summed E-state index contributed by atoms with van der Waals surface area (Å²) in [5.74, 6) is -7.05. The zero-order valence-electron chi connectivity index (χ0n) is 29.9. The Morgan fingerprint density at radius 2 is 1.04 bits per heavy atom. The Labute approximate surface area is 327 Å². The molecular weight excluding hydrogens is 745 g/mol. The number of ketones is 2. The van der Waals surface area contributed by atoms with Crippen molar-refractivity contribution in [1.29, 1.82) is 0 Å². The average Bonchev–Trinajstić information content (AvgIpc) is 3.21. The van der Waals surface area contributed by atoms with E-state index in [4.69, 9.17) is 0 Å². The Hall–Kier alpha value is -7.28. The van der Waals surface area contributed by atoms with Gasteiger partial charge in [0.2, 0.25) is 17.7 Å². The molecule has 2 heterocycles. The maximum Gasteiger partial charge on any atom is 0.294 e. The van der Waals surface area contributed by atoms with Gasteiger partial charge in [0.05, 0.1) is 27.4 Å². The first-order valence-corrected chi connectivity index (χ1v) is 19.0. The number of para-hydroxylation sites is 2. The van der Waals surface area contributed by atoms with Crippen molar-refractivity contribution in [3.8, 4) is 0 Å². The van der Waals surface area contributed by atoms with Crippen molar-refractivity contribution >= 4 is 56.4 Å². The molecule has 0 aliphatic carbocycles. The molecule has 57 heavy (non-hydrogen) atoms. The molecule has 0 bridgehead atoms. The van der Waals surface area contributed by atoms with E-state index in [2.05, 4.69) is 0 Å². The molecule has 2 unspecified atom stereocenters. The van der Waals surface area contributed by atoms with Crippen LogP contribution in [0.1, 0.15) is 28.5 Å². The fourth-order valence-corrected chi connectivity index (χ4v) is 7.19. The first kappa shape index (κ1) is 38.0. The van der Waals surface area contributed by atoms with Crippen molar-refractivity contribution in [2.24, 2.45) is 0 Å². The Kier molecular flexibility index (Phi) is 10.6. The molecular formula is C45H32N2O9S. The molecule has 0 aromatic heterocycles. The third-order valence-electron chi connectivity index (χ3n) is 9.52. The minimum Gasteiger partial charge on any atom is -0.494 e. The molecule has 2 aliphatic rings. The van der Waals surface area contributed by atoms with Gasteiger partial charge in [-0.1, -0.05) is 121 Å². The molecule has 2 atom stereocenters. The molecule has 2 aliphatic heterocycles. The summed E-state index contributed by atoms with van der Waals surface area (Å²) >= 11 is 0. The molecule has 7 rings (SSSR count). The summed E-state index contributed by atoms with van der Waals surface area (Å²) in [5, 5.41) is 11.6. The van der Waals surface area contributed by atoms with E-state index in [0.717, 1.165) is 21.9 Å². The van der Waals surface area contributed by atoms with Crippen molar-refractivity contribution < 1.29 is 42.0 Å². The van der Waals surface area contributed by atoms with Gasteiger partial charge in [-0.2, -0.15) is 8.42 Å². The van der Waals surface area contributed by atoms with Crippen LogP contribution in [0.15, 0.2) is 192 Å². The SMILES string of the molecule is O=C1C(=CC=C(C=CC2=C(O)N(c3ccccc3)C(=O)C(c3ccccc3)C2=O)c2ccc(S(=O)(=O)O)cc2)C(=O)N(c2ccccc2)C(=O)C1c1ccccc1. The second-order valence-electron chi connectivity index (χ2n) is 13.0. The molecule has 5 aromatic rings. The van der Waals surface area contributed by atoms with Crippen molar-refractivity contribution in [3.05, 3.63) is 204 Å². The number of hydrogen-bond donors (Lipinski definition) is 2.